The highest BCUT2D eigenvalue weighted by molar-refractivity contribution is 7.13. The first-order chi connectivity index (χ1) is 12.8. The fraction of sp³-hybridized carbons (Fsp3) is 0.278. The number of ether oxygens (including phenoxy) is 1. The number of thiophene rings is 1. The first-order valence-corrected chi connectivity index (χ1v) is 9.33. The van der Waals surface area contributed by atoms with Gasteiger partial charge in [0.1, 0.15) is 0 Å². The van der Waals surface area contributed by atoms with Gasteiger partial charge in [0.25, 0.3) is 0 Å². The molecule has 0 saturated carbocycles. The molecule has 1 N–H and O–H groups in total. The molecule has 0 aliphatic carbocycles. The number of para-hydroxylation sites is 1. The summed E-state index contributed by atoms with van der Waals surface area (Å²) < 4.78 is 7.10. The molecule has 26 heavy (non-hydrogen) atoms. The summed E-state index contributed by atoms with van der Waals surface area (Å²) >= 11 is 1.54. The van der Waals surface area contributed by atoms with Crippen LogP contribution < -0.4 is 5.48 Å². The van der Waals surface area contributed by atoms with Crippen molar-refractivity contribution in [1.82, 2.24) is 20.2 Å². The average Bonchev–Trinajstić information content (AvgIpc) is 3.37. The van der Waals surface area contributed by atoms with Gasteiger partial charge in [-0.2, -0.15) is 0 Å². The standard InChI is InChI=1S/C18H18N4O3S/c23-18(21-25-15-10-4-5-11-24-15)16-19-17(14-9-6-12-26-14)22(20-16)13-7-2-1-3-8-13/h1-3,6-9,12,15H,4-5,10-11H2,(H,21,23)/t15-/m0/s1. The molecule has 1 atom stereocenters. The predicted octanol–water partition coefficient (Wildman–Crippen LogP) is 3.18. The summed E-state index contributed by atoms with van der Waals surface area (Å²) in [6.45, 7) is 0.643. The molecule has 8 heteroatoms. The molecule has 0 spiro atoms. The van der Waals surface area contributed by atoms with Gasteiger partial charge < -0.3 is 4.74 Å². The Bertz CT molecular complexity index is 858. The van der Waals surface area contributed by atoms with Crippen LogP contribution in [0.4, 0.5) is 0 Å². The molecule has 0 radical (unpaired) electrons. The van der Waals surface area contributed by atoms with Crippen molar-refractivity contribution in [1.29, 1.82) is 0 Å². The van der Waals surface area contributed by atoms with E-state index in [1.165, 1.54) is 11.3 Å². The molecular weight excluding hydrogens is 352 g/mol. The van der Waals surface area contributed by atoms with Gasteiger partial charge in [-0.25, -0.2) is 20.0 Å². The molecule has 1 fully saturated rings. The lowest BCUT2D eigenvalue weighted by molar-refractivity contribution is -0.186. The Balaban J connectivity index is 1.57. The molecule has 134 valence electrons. The molecule has 3 heterocycles. The van der Waals surface area contributed by atoms with Crippen LogP contribution in [0.2, 0.25) is 0 Å². The van der Waals surface area contributed by atoms with Crippen molar-refractivity contribution < 1.29 is 14.4 Å². The molecule has 2 aromatic heterocycles. The number of nitrogens with one attached hydrogen (secondary N) is 1. The van der Waals surface area contributed by atoms with Crippen molar-refractivity contribution in [3.8, 4) is 16.4 Å². The molecule has 0 bridgehead atoms. The van der Waals surface area contributed by atoms with E-state index in [4.69, 9.17) is 9.57 Å². The number of rotatable bonds is 5. The monoisotopic (exact) mass is 370 g/mol. The van der Waals surface area contributed by atoms with Gasteiger partial charge in [0.2, 0.25) is 5.82 Å². The normalized spacial score (nSPS) is 17.2. The van der Waals surface area contributed by atoms with Crippen molar-refractivity contribution in [2.45, 2.75) is 25.6 Å². The SMILES string of the molecule is O=C(NO[C@H]1CCCCO1)c1nc(-c2cccs2)n(-c2ccccc2)n1. The van der Waals surface area contributed by atoms with E-state index >= 15 is 0 Å². The number of carbonyl (C=O) groups excluding carboxylic acids is 1. The Morgan fingerprint density at radius 1 is 1.23 bits per heavy atom. The summed E-state index contributed by atoms with van der Waals surface area (Å²) in [4.78, 5) is 23.1. The maximum atomic E-state index is 12.4. The summed E-state index contributed by atoms with van der Waals surface area (Å²) in [5, 5.41) is 6.34. The summed E-state index contributed by atoms with van der Waals surface area (Å²) in [6, 6.07) is 13.5. The number of carbonyl (C=O) groups is 1. The van der Waals surface area contributed by atoms with Crippen LogP contribution in [-0.2, 0) is 9.57 Å². The second-order valence-electron chi connectivity index (χ2n) is 5.83. The zero-order valence-electron chi connectivity index (χ0n) is 14.0. The van der Waals surface area contributed by atoms with Gasteiger partial charge in [-0.1, -0.05) is 24.3 Å². The van der Waals surface area contributed by atoms with Gasteiger partial charge in [0.05, 0.1) is 10.6 Å². The van der Waals surface area contributed by atoms with Gasteiger partial charge in [0, 0.05) is 13.0 Å². The van der Waals surface area contributed by atoms with Gasteiger partial charge in [-0.15, -0.1) is 16.4 Å². The minimum Gasteiger partial charge on any atom is -0.350 e. The lowest BCUT2D eigenvalue weighted by Crippen LogP contribution is -2.33. The van der Waals surface area contributed by atoms with Crippen LogP contribution in [0, 0.1) is 0 Å². The Hall–Kier alpha value is -2.55. The van der Waals surface area contributed by atoms with Crippen LogP contribution in [0.15, 0.2) is 47.8 Å². The average molecular weight is 370 g/mol. The topological polar surface area (TPSA) is 78.3 Å². The molecule has 1 saturated heterocycles. The first-order valence-electron chi connectivity index (χ1n) is 8.45. The van der Waals surface area contributed by atoms with E-state index in [1.54, 1.807) is 4.68 Å². The van der Waals surface area contributed by atoms with Crippen molar-refractivity contribution >= 4 is 17.2 Å². The number of hydrogen-bond acceptors (Lipinski definition) is 6. The minimum absolute atomic E-state index is 0.0491. The highest BCUT2D eigenvalue weighted by atomic mass is 32.1. The lowest BCUT2D eigenvalue weighted by Gasteiger charge is -2.21. The maximum Gasteiger partial charge on any atom is 0.314 e. The minimum atomic E-state index is -0.494. The highest BCUT2D eigenvalue weighted by Gasteiger charge is 2.21. The van der Waals surface area contributed by atoms with Crippen molar-refractivity contribution in [3.05, 3.63) is 53.7 Å². The van der Waals surface area contributed by atoms with Crippen LogP contribution in [0.5, 0.6) is 0 Å². The van der Waals surface area contributed by atoms with Crippen LogP contribution in [-0.4, -0.2) is 33.6 Å². The van der Waals surface area contributed by atoms with E-state index in [0.717, 1.165) is 29.8 Å². The number of amides is 1. The van der Waals surface area contributed by atoms with Crippen molar-refractivity contribution in [2.24, 2.45) is 0 Å². The maximum absolute atomic E-state index is 12.4. The number of hydrogen-bond donors (Lipinski definition) is 1. The summed E-state index contributed by atoms with van der Waals surface area (Å²) in [7, 11) is 0. The van der Waals surface area contributed by atoms with E-state index in [2.05, 4.69) is 15.6 Å². The molecule has 0 unspecified atom stereocenters. The van der Waals surface area contributed by atoms with E-state index < -0.39 is 12.2 Å². The fourth-order valence-electron chi connectivity index (χ4n) is 2.69. The van der Waals surface area contributed by atoms with Crippen molar-refractivity contribution in [3.63, 3.8) is 0 Å². The Labute approximate surface area is 154 Å². The van der Waals surface area contributed by atoms with Gasteiger partial charge in [0.15, 0.2) is 12.1 Å². The second kappa shape index (κ2) is 7.77. The van der Waals surface area contributed by atoms with E-state index in [9.17, 15) is 4.79 Å². The quantitative estimate of drug-likeness (QED) is 0.698. The third kappa shape index (κ3) is 3.67. The van der Waals surface area contributed by atoms with Crippen LogP contribution in [0.1, 0.15) is 29.9 Å². The summed E-state index contributed by atoms with van der Waals surface area (Å²) in [5.74, 6) is 0.171. The smallest absolute Gasteiger partial charge is 0.314 e. The summed E-state index contributed by atoms with van der Waals surface area (Å²) in [5.41, 5.74) is 3.24. The Kier molecular flexibility index (Phi) is 5.05. The largest absolute Gasteiger partial charge is 0.350 e. The van der Waals surface area contributed by atoms with E-state index in [1.807, 2.05) is 47.8 Å². The van der Waals surface area contributed by atoms with Crippen LogP contribution in [0.25, 0.3) is 16.4 Å². The molecule has 1 aliphatic heterocycles. The predicted molar refractivity (Wildman–Crippen MR) is 96.8 cm³/mol. The third-order valence-electron chi connectivity index (χ3n) is 3.97. The zero-order valence-corrected chi connectivity index (χ0v) is 14.8. The number of aromatic nitrogens is 3. The van der Waals surface area contributed by atoms with Crippen LogP contribution >= 0.6 is 11.3 Å². The van der Waals surface area contributed by atoms with Gasteiger partial charge >= 0.3 is 5.91 Å². The summed E-state index contributed by atoms with van der Waals surface area (Å²) in [6.07, 6.45) is 2.37. The molecule has 4 rings (SSSR count). The fourth-order valence-corrected chi connectivity index (χ4v) is 3.39. The molecule has 3 aromatic rings. The molecular formula is C18H18N4O3S. The zero-order chi connectivity index (χ0) is 17.8. The number of benzene rings is 1. The van der Waals surface area contributed by atoms with E-state index in [0.29, 0.717) is 12.4 Å². The van der Waals surface area contributed by atoms with Gasteiger partial charge in [-0.05, 0) is 36.4 Å². The number of nitrogens with zero attached hydrogens (tertiary/aromatic N) is 3. The molecule has 1 aliphatic rings. The van der Waals surface area contributed by atoms with E-state index in [-0.39, 0.29) is 5.82 Å². The lowest BCUT2D eigenvalue weighted by atomic mass is 10.2. The first kappa shape index (κ1) is 16.9. The Morgan fingerprint density at radius 3 is 2.85 bits per heavy atom. The Morgan fingerprint density at radius 2 is 2.12 bits per heavy atom. The molecule has 1 amide bonds. The van der Waals surface area contributed by atoms with Gasteiger partial charge in [-0.3, -0.25) is 4.79 Å². The van der Waals surface area contributed by atoms with Crippen LogP contribution in [0.3, 0.4) is 0 Å². The second-order valence-corrected chi connectivity index (χ2v) is 6.78. The molecule has 7 nitrogen and oxygen atoms in total. The molecule has 1 aromatic carbocycles. The highest BCUT2D eigenvalue weighted by Crippen LogP contribution is 2.25. The third-order valence-corrected chi connectivity index (χ3v) is 4.84. The van der Waals surface area contributed by atoms with Crippen molar-refractivity contribution in [2.75, 3.05) is 6.61 Å². The number of hydroxylamine groups is 1.